The van der Waals surface area contributed by atoms with E-state index in [1.54, 1.807) is 6.07 Å². The van der Waals surface area contributed by atoms with Crippen LogP contribution in [0.15, 0.2) is 20.0 Å². The van der Waals surface area contributed by atoms with Crippen molar-refractivity contribution >= 4 is 26.0 Å². The molecule has 1 saturated carbocycles. The van der Waals surface area contributed by atoms with Crippen LogP contribution in [-0.4, -0.2) is 21.5 Å². The molecule has 1 aliphatic carbocycles. The lowest BCUT2D eigenvalue weighted by Crippen LogP contribution is -2.30. The molecular formula is C14H23BrN2O3S. The SMILES string of the molecule is CCNCc1cc(S(=O)(=O)NCC2CCCCC2)c(Br)o1. The Balaban J connectivity index is 1.99. The molecule has 2 rings (SSSR count). The molecule has 120 valence electrons. The van der Waals surface area contributed by atoms with Gasteiger partial charge in [0.05, 0.1) is 6.54 Å². The molecule has 0 amide bonds. The molecule has 1 aromatic rings. The zero-order valence-electron chi connectivity index (χ0n) is 12.3. The second-order valence-corrected chi connectivity index (χ2v) is 7.94. The quantitative estimate of drug-likeness (QED) is 0.764. The van der Waals surface area contributed by atoms with E-state index < -0.39 is 10.0 Å². The first-order valence-corrected chi connectivity index (χ1v) is 9.79. The minimum Gasteiger partial charge on any atom is -0.452 e. The Labute approximate surface area is 135 Å². The summed E-state index contributed by atoms with van der Waals surface area (Å²) in [5, 5.41) is 3.11. The molecule has 0 atom stereocenters. The van der Waals surface area contributed by atoms with Gasteiger partial charge in [0.15, 0.2) is 4.67 Å². The van der Waals surface area contributed by atoms with Gasteiger partial charge in [-0.1, -0.05) is 26.2 Å². The number of nitrogens with one attached hydrogen (secondary N) is 2. The lowest BCUT2D eigenvalue weighted by Gasteiger charge is -2.21. The Morgan fingerprint density at radius 1 is 1.33 bits per heavy atom. The maximum absolute atomic E-state index is 12.4. The Morgan fingerprint density at radius 3 is 2.71 bits per heavy atom. The van der Waals surface area contributed by atoms with Crippen LogP contribution in [-0.2, 0) is 16.6 Å². The van der Waals surface area contributed by atoms with Gasteiger partial charge in [0.1, 0.15) is 10.7 Å². The van der Waals surface area contributed by atoms with Crippen LogP contribution >= 0.6 is 15.9 Å². The van der Waals surface area contributed by atoms with Crippen molar-refractivity contribution in [2.75, 3.05) is 13.1 Å². The summed E-state index contributed by atoms with van der Waals surface area (Å²) < 4.78 is 33.1. The van der Waals surface area contributed by atoms with Crippen LogP contribution in [0.2, 0.25) is 0 Å². The maximum atomic E-state index is 12.4. The van der Waals surface area contributed by atoms with Gasteiger partial charge in [-0.3, -0.25) is 0 Å². The highest BCUT2D eigenvalue weighted by atomic mass is 79.9. The molecule has 0 spiro atoms. The highest BCUT2D eigenvalue weighted by Crippen LogP contribution is 2.27. The Bertz CT molecular complexity index is 551. The summed E-state index contributed by atoms with van der Waals surface area (Å²) in [5.74, 6) is 1.07. The van der Waals surface area contributed by atoms with Gasteiger partial charge < -0.3 is 9.73 Å². The first-order chi connectivity index (χ1) is 10.0. The first-order valence-electron chi connectivity index (χ1n) is 7.51. The number of rotatable bonds is 7. The van der Waals surface area contributed by atoms with Crippen LogP contribution in [0.4, 0.5) is 0 Å². The molecule has 0 aliphatic heterocycles. The van der Waals surface area contributed by atoms with Gasteiger partial charge in [-0.25, -0.2) is 13.1 Å². The summed E-state index contributed by atoms with van der Waals surface area (Å²) in [4.78, 5) is 0.186. The number of hydrogen-bond donors (Lipinski definition) is 2. The van der Waals surface area contributed by atoms with Gasteiger partial charge in [0, 0.05) is 12.6 Å². The molecule has 0 bridgehead atoms. The Hall–Kier alpha value is -0.370. The summed E-state index contributed by atoms with van der Waals surface area (Å²) in [6.07, 6.45) is 5.90. The lowest BCUT2D eigenvalue weighted by molar-refractivity contribution is 0.357. The smallest absolute Gasteiger partial charge is 0.244 e. The fourth-order valence-electron chi connectivity index (χ4n) is 2.61. The molecule has 0 saturated heterocycles. The maximum Gasteiger partial charge on any atom is 0.244 e. The van der Waals surface area contributed by atoms with E-state index in [0.29, 0.717) is 24.8 Å². The van der Waals surface area contributed by atoms with Crippen LogP contribution in [0.1, 0.15) is 44.8 Å². The van der Waals surface area contributed by atoms with E-state index in [-0.39, 0.29) is 9.56 Å². The highest BCUT2D eigenvalue weighted by Gasteiger charge is 2.24. The summed E-state index contributed by atoms with van der Waals surface area (Å²) in [7, 11) is -3.51. The Kier molecular flexibility index (Phi) is 6.28. The van der Waals surface area contributed by atoms with Gasteiger partial charge in [-0.05, 0) is 41.2 Å². The third kappa shape index (κ3) is 4.81. The molecule has 1 heterocycles. The third-order valence-corrected chi connectivity index (χ3v) is 6.11. The van der Waals surface area contributed by atoms with Crippen molar-refractivity contribution in [3.8, 4) is 0 Å². The summed E-state index contributed by atoms with van der Waals surface area (Å²) in [5.41, 5.74) is 0. The number of furan rings is 1. The van der Waals surface area contributed by atoms with Crippen LogP contribution < -0.4 is 10.0 Å². The fourth-order valence-corrected chi connectivity index (χ4v) is 4.72. The number of halogens is 1. The highest BCUT2D eigenvalue weighted by molar-refractivity contribution is 9.10. The average Bonchev–Trinajstić information content (AvgIpc) is 2.86. The normalized spacial score (nSPS) is 17.2. The van der Waals surface area contributed by atoms with E-state index in [1.807, 2.05) is 6.92 Å². The zero-order valence-corrected chi connectivity index (χ0v) is 14.7. The van der Waals surface area contributed by atoms with Crippen LogP contribution in [0, 0.1) is 5.92 Å². The minimum atomic E-state index is -3.51. The average molecular weight is 379 g/mol. The van der Waals surface area contributed by atoms with Crippen molar-refractivity contribution in [2.24, 2.45) is 5.92 Å². The van der Waals surface area contributed by atoms with Crippen molar-refractivity contribution in [3.05, 3.63) is 16.5 Å². The van der Waals surface area contributed by atoms with Crippen molar-refractivity contribution in [3.63, 3.8) is 0 Å². The number of hydrogen-bond acceptors (Lipinski definition) is 4. The predicted molar refractivity (Wildman–Crippen MR) is 85.6 cm³/mol. The van der Waals surface area contributed by atoms with Gasteiger partial charge in [0.25, 0.3) is 0 Å². The first kappa shape index (κ1) is 17.0. The molecule has 1 fully saturated rings. The molecular weight excluding hydrogens is 356 g/mol. The number of sulfonamides is 1. The molecule has 0 unspecified atom stereocenters. The van der Waals surface area contributed by atoms with Crippen molar-refractivity contribution in [1.29, 1.82) is 0 Å². The molecule has 7 heteroatoms. The van der Waals surface area contributed by atoms with Crippen molar-refractivity contribution in [2.45, 2.75) is 50.5 Å². The zero-order chi connectivity index (χ0) is 15.3. The molecule has 2 N–H and O–H groups in total. The predicted octanol–water partition coefficient (Wildman–Crippen LogP) is 3.01. The standard InChI is InChI=1S/C14H23BrN2O3S/c1-2-16-10-12-8-13(14(15)20-12)21(18,19)17-9-11-6-4-3-5-7-11/h8,11,16-17H,2-7,9-10H2,1H3. The van der Waals surface area contributed by atoms with E-state index in [0.717, 1.165) is 19.4 Å². The van der Waals surface area contributed by atoms with E-state index in [9.17, 15) is 8.42 Å². The van der Waals surface area contributed by atoms with Gasteiger partial charge >= 0.3 is 0 Å². The molecule has 1 aromatic heterocycles. The summed E-state index contributed by atoms with van der Waals surface area (Å²) in [6, 6.07) is 1.58. The largest absolute Gasteiger partial charge is 0.452 e. The molecule has 1 aliphatic rings. The minimum absolute atomic E-state index is 0.186. The second kappa shape index (κ2) is 7.76. The van der Waals surface area contributed by atoms with E-state index in [2.05, 4.69) is 26.0 Å². The summed E-state index contributed by atoms with van der Waals surface area (Å²) in [6.45, 7) is 3.83. The third-order valence-electron chi connectivity index (χ3n) is 3.83. The molecule has 0 aromatic carbocycles. The van der Waals surface area contributed by atoms with Crippen LogP contribution in [0.3, 0.4) is 0 Å². The van der Waals surface area contributed by atoms with Crippen LogP contribution in [0.25, 0.3) is 0 Å². The van der Waals surface area contributed by atoms with Crippen LogP contribution in [0.5, 0.6) is 0 Å². The monoisotopic (exact) mass is 378 g/mol. The van der Waals surface area contributed by atoms with Gasteiger partial charge in [0.2, 0.25) is 10.0 Å². The van der Waals surface area contributed by atoms with Gasteiger partial charge in [-0.15, -0.1) is 0 Å². The van der Waals surface area contributed by atoms with Gasteiger partial charge in [-0.2, -0.15) is 0 Å². The van der Waals surface area contributed by atoms with Crippen molar-refractivity contribution in [1.82, 2.24) is 10.0 Å². The van der Waals surface area contributed by atoms with E-state index >= 15 is 0 Å². The molecule has 21 heavy (non-hydrogen) atoms. The van der Waals surface area contributed by atoms with E-state index in [1.165, 1.54) is 19.3 Å². The van der Waals surface area contributed by atoms with Crippen molar-refractivity contribution < 1.29 is 12.8 Å². The summed E-state index contributed by atoms with van der Waals surface area (Å²) >= 11 is 3.20. The second-order valence-electron chi connectivity index (χ2n) is 5.49. The topological polar surface area (TPSA) is 71.3 Å². The fraction of sp³-hybridized carbons (Fsp3) is 0.714. The molecule has 5 nitrogen and oxygen atoms in total. The lowest BCUT2D eigenvalue weighted by atomic mass is 9.90. The Morgan fingerprint density at radius 2 is 2.05 bits per heavy atom. The van der Waals surface area contributed by atoms with E-state index in [4.69, 9.17) is 4.42 Å². The molecule has 0 radical (unpaired) electrons.